The average Bonchev–Trinajstić information content (AvgIpc) is 2.13. The van der Waals surface area contributed by atoms with Crippen LogP contribution in [0, 0.1) is 0 Å². The Bertz CT molecular complexity index is 192. The minimum atomic E-state index is 0.810. The lowest BCUT2D eigenvalue weighted by atomic mass is 10.0. The van der Waals surface area contributed by atoms with Gasteiger partial charge in [-0.25, -0.2) is 0 Å². The monoisotopic (exact) mass is 185 g/mol. The molecule has 0 saturated carbocycles. The number of hydrogen-bond donors (Lipinski definition) is 1. The van der Waals surface area contributed by atoms with Gasteiger partial charge in [0, 0.05) is 17.2 Å². The molecule has 1 nitrogen and oxygen atoms in total. The normalized spacial score (nSPS) is 16.6. The number of allylic oxidation sites excluding steroid dienone is 2. The fourth-order valence-corrected chi connectivity index (χ4v) is 1.24. The summed E-state index contributed by atoms with van der Waals surface area (Å²) in [5.74, 6) is 0.810. The van der Waals surface area contributed by atoms with Gasteiger partial charge in [-0.2, -0.15) is 12.6 Å². The molecule has 0 unspecified atom stereocenters. The zero-order chi connectivity index (χ0) is 9.56. The van der Waals surface area contributed by atoms with E-state index in [-0.39, 0.29) is 0 Å². The van der Waals surface area contributed by atoms with E-state index in [4.69, 9.17) is 0 Å². The Morgan fingerprint density at radius 2 is 1.83 bits per heavy atom. The highest BCUT2D eigenvalue weighted by molar-refractivity contribution is 7.81. The van der Waals surface area contributed by atoms with Crippen molar-refractivity contribution in [2.75, 3.05) is 5.75 Å². The van der Waals surface area contributed by atoms with Crippen LogP contribution >= 0.6 is 12.6 Å². The molecule has 1 heterocycles. The van der Waals surface area contributed by atoms with E-state index >= 15 is 0 Å². The molecule has 0 N–H and O–H groups in total. The molecule has 0 aliphatic carbocycles. The Morgan fingerprint density at radius 1 is 1.25 bits per heavy atom. The first-order valence-electron chi connectivity index (χ1n) is 4.57. The van der Waals surface area contributed by atoms with Gasteiger partial charge >= 0.3 is 0 Å². The third-order valence-electron chi connectivity index (χ3n) is 1.91. The molecule has 0 aromatic rings. The van der Waals surface area contributed by atoms with Crippen molar-refractivity contribution in [3.63, 3.8) is 0 Å². The largest absolute Gasteiger partial charge is 0.262 e. The lowest BCUT2D eigenvalue weighted by molar-refractivity contribution is 0.935. The van der Waals surface area contributed by atoms with Gasteiger partial charge in [-0.1, -0.05) is 19.4 Å². The van der Waals surface area contributed by atoms with Crippen molar-refractivity contribution < 1.29 is 0 Å². The zero-order valence-corrected chi connectivity index (χ0v) is 9.41. The number of hydrogen-bond acceptors (Lipinski definition) is 2. The van der Waals surface area contributed by atoms with Crippen LogP contribution in [-0.4, -0.2) is 11.5 Å². The van der Waals surface area contributed by atoms with E-state index in [1.54, 1.807) is 0 Å². The molecule has 0 spiro atoms. The summed E-state index contributed by atoms with van der Waals surface area (Å²) in [5, 5.41) is 0. The summed E-state index contributed by atoms with van der Waals surface area (Å²) < 4.78 is 0. The Kier molecular flexibility index (Phi) is 6.17. The minimum absolute atomic E-state index is 0.810. The summed E-state index contributed by atoms with van der Waals surface area (Å²) in [7, 11) is 0. The first-order valence-corrected chi connectivity index (χ1v) is 5.21. The molecule has 0 fully saturated rings. The standard InChI is InChI=1S/C8H13NS.C2H6/c1-6-3-4-8(5-10)9-7(6)2;1-2/h10H,3-5H2,1-2H3;1-2H3. The Hall–Kier alpha value is -0.240. The summed E-state index contributed by atoms with van der Waals surface area (Å²) >= 11 is 4.18. The van der Waals surface area contributed by atoms with E-state index in [2.05, 4.69) is 31.5 Å². The second-order valence-electron chi connectivity index (χ2n) is 2.70. The molecule has 1 rings (SSSR count). The van der Waals surface area contributed by atoms with E-state index in [0.29, 0.717) is 0 Å². The SMILES string of the molecule is CC.CC1=C(C)N=C(CS)CC1. The first-order chi connectivity index (χ1) is 5.74. The second kappa shape index (κ2) is 6.30. The molecular formula is C10H19NS. The Morgan fingerprint density at radius 3 is 2.25 bits per heavy atom. The van der Waals surface area contributed by atoms with Gasteiger partial charge in [0.2, 0.25) is 0 Å². The maximum Gasteiger partial charge on any atom is 0.0361 e. The quantitative estimate of drug-likeness (QED) is 0.601. The lowest BCUT2D eigenvalue weighted by Gasteiger charge is -2.12. The summed E-state index contributed by atoms with van der Waals surface area (Å²) in [5.41, 5.74) is 3.84. The van der Waals surface area contributed by atoms with Gasteiger partial charge in [-0.15, -0.1) is 0 Å². The minimum Gasteiger partial charge on any atom is -0.262 e. The van der Waals surface area contributed by atoms with E-state index in [1.165, 1.54) is 23.4 Å². The van der Waals surface area contributed by atoms with E-state index in [1.807, 2.05) is 13.8 Å². The van der Waals surface area contributed by atoms with Crippen LogP contribution in [0.4, 0.5) is 0 Å². The van der Waals surface area contributed by atoms with Crippen molar-refractivity contribution in [2.24, 2.45) is 4.99 Å². The molecule has 1 aliphatic heterocycles. The van der Waals surface area contributed by atoms with Crippen LogP contribution < -0.4 is 0 Å². The topological polar surface area (TPSA) is 12.4 Å². The van der Waals surface area contributed by atoms with E-state index < -0.39 is 0 Å². The molecule has 12 heavy (non-hydrogen) atoms. The summed E-state index contributed by atoms with van der Waals surface area (Å²) in [4.78, 5) is 4.40. The molecule has 0 amide bonds. The van der Waals surface area contributed by atoms with Gasteiger partial charge < -0.3 is 0 Å². The van der Waals surface area contributed by atoms with Crippen LogP contribution in [0.25, 0.3) is 0 Å². The molecule has 1 aliphatic rings. The van der Waals surface area contributed by atoms with Crippen LogP contribution in [0.3, 0.4) is 0 Å². The molecule has 0 aromatic heterocycles. The second-order valence-corrected chi connectivity index (χ2v) is 3.02. The maximum atomic E-state index is 4.40. The van der Waals surface area contributed by atoms with Crippen molar-refractivity contribution in [2.45, 2.75) is 40.5 Å². The van der Waals surface area contributed by atoms with Gasteiger partial charge in [0.15, 0.2) is 0 Å². The van der Waals surface area contributed by atoms with E-state index in [0.717, 1.165) is 12.2 Å². The third kappa shape index (κ3) is 3.44. The van der Waals surface area contributed by atoms with Crippen molar-refractivity contribution >= 4 is 18.3 Å². The third-order valence-corrected chi connectivity index (χ3v) is 2.28. The molecule has 0 atom stereocenters. The molecule has 2 heteroatoms. The molecule has 0 saturated heterocycles. The van der Waals surface area contributed by atoms with Gasteiger partial charge in [-0.3, -0.25) is 4.99 Å². The maximum absolute atomic E-state index is 4.40. The Labute approximate surface area is 81.4 Å². The average molecular weight is 185 g/mol. The fourth-order valence-electron chi connectivity index (χ4n) is 1.02. The van der Waals surface area contributed by atoms with Crippen LogP contribution in [0.5, 0.6) is 0 Å². The molecule has 0 bridgehead atoms. The van der Waals surface area contributed by atoms with Crippen molar-refractivity contribution in [1.82, 2.24) is 0 Å². The molecule has 0 aromatic carbocycles. The van der Waals surface area contributed by atoms with Crippen molar-refractivity contribution in [1.29, 1.82) is 0 Å². The Balaban J connectivity index is 0.000000561. The highest BCUT2D eigenvalue weighted by atomic mass is 32.1. The number of nitrogens with zero attached hydrogens (tertiary/aromatic N) is 1. The first kappa shape index (κ1) is 11.8. The van der Waals surface area contributed by atoms with Crippen LogP contribution in [0.1, 0.15) is 40.5 Å². The predicted molar refractivity (Wildman–Crippen MR) is 60.2 cm³/mol. The van der Waals surface area contributed by atoms with Gasteiger partial charge in [0.05, 0.1) is 0 Å². The number of rotatable bonds is 1. The summed E-state index contributed by atoms with van der Waals surface area (Å²) in [6.07, 6.45) is 2.28. The zero-order valence-electron chi connectivity index (χ0n) is 8.52. The van der Waals surface area contributed by atoms with Gasteiger partial charge in [-0.05, 0) is 26.7 Å². The van der Waals surface area contributed by atoms with Crippen molar-refractivity contribution in [3.8, 4) is 0 Å². The predicted octanol–water partition coefficient (Wildman–Crippen LogP) is 3.47. The van der Waals surface area contributed by atoms with Crippen LogP contribution in [-0.2, 0) is 0 Å². The highest BCUT2D eigenvalue weighted by Gasteiger charge is 2.06. The summed E-state index contributed by atoms with van der Waals surface area (Å²) in [6, 6.07) is 0. The highest BCUT2D eigenvalue weighted by Crippen LogP contribution is 2.18. The fraction of sp³-hybridized carbons (Fsp3) is 0.700. The smallest absolute Gasteiger partial charge is 0.0361 e. The van der Waals surface area contributed by atoms with Crippen LogP contribution in [0.2, 0.25) is 0 Å². The van der Waals surface area contributed by atoms with E-state index in [9.17, 15) is 0 Å². The lowest BCUT2D eigenvalue weighted by Crippen LogP contribution is -2.05. The number of aliphatic imine (C=N–C) groups is 1. The van der Waals surface area contributed by atoms with Gasteiger partial charge in [0.1, 0.15) is 0 Å². The van der Waals surface area contributed by atoms with Crippen molar-refractivity contribution in [3.05, 3.63) is 11.3 Å². The number of thiol groups is 1. The molecule has 0 radical (unpaired) electrons. The molecular weight excluding hydrogens is 166 g/mol. The van der Waals surface area contributed by atoms with Gasteiger partial charge in [0.25, 0.3) is 0 Å². The molecule has 70 valence electrons. The summed E-state index contributed by atoms with van der Waals surface area (Å²) in [6.45, 7) is 8.21. The van der Waals surface area contributed by atoms with Crippen LogP contribution in [0.15, 0.2) is 16.3 Å².